The molecular formula is C13H17N3O3. The predicted octanol–water partition coefficient (Wildman–Crippen LogP) is 1.84. The second-order valence-corrected chi connectivity index (χ2v) is 4.90. The first-order chi connectivity index (χ1) is 9.06. The zero-order valence-corrected chi connectivity index (χ0v) is 10.8. The molecule has 0 unspecified atom stereocenters. The highest BCUT2D eigenvalue weighted by Gasteiger charge is 2.33. The summed E-state index contributed by atoms with van der Waals surface area (Å²) in [6.45, 7) is 2.56. The van der Waals surface area contributed by atoms with E-state index in [4.69, 9.17) is 0 Å². The molecule has 1 aromatic carbocycles. The normalized spacial score (nSPS) is 20.7. The molecule has 0 aromatic heterocycles. The highest BCUT2D eigenvalue weighted by Crippen LogP contribution is 2.28. The summed E-state index contributed by atoms with van der Waals surface area (Å²) in [6.07, 6.45) is 1.62. The van der Waals surface area contributed by atoms with Gasteiger partial charge in [-0.15, -0.1) is 0 Å². The van der Waals surface area contributed by atoms with E-state index in [0.717, 1.165) is 12.0 Å². The van der Waals surface area contributed by atoms with Crippen molar-refractivity contribution in [1.82, 2.24) is 10.6 Å². The van der Waals surface area contributed by atoms with Crippen LogP contribution in [0, 0.1) is 16.0 Å². The van der Waals surface area contributed by atoms with Crippen LogP contribution in [0.25, 0.3) is 0 Å². The second kappa shape index (κ2) is 5.69. The Balaban J connectivity index is 1.74. The number of nitro groups is 1. The largest absolute Gasteiger partial charge is 0.338 e. The molecule has 19 heavy (non-hydrogen) atoms. The first kappa shape index (κ1) is 13.3. The molecule has 102 valence electrons. The number of amides is 2. The maximum absolute atomic E-state index is 11.5. The number of nitrogens with zero attached hydrogens (tertiary/aromatic N) is 1. The van der Waals surface area contributed by atoms with Crippen LogP contribution in [0.4, 0.5) is 10.5 Å². The SMILES string of the molecule is C[C@@H]1C[C@H]1NC(=O)NCCc1cccc([N+](=O)[O-])c1. The third-order valence-corrected chi connectivity index (χ3v) is 3.25. The lowest BCUT2D eigenvalue weighted by molar-refractivity contribution is -0.384. The van der Waals surface area contributed by atoms with Gasteiger partial charge in [0.25, 0.3) is 5.69 Å². The van der Waals surface area contributed by atoms with Crippen LogP contribution in [-0.2, 0) is 6.42 Å². The van der Waals surface area contributed by atoms with Crippen molar-refractivity contribution in [3.63, 3.8) is 0 Å². The van der Waals surface area contributed by atoms with Gasteiger partial charge in [-0.05, 0) is 24.3 Å². The maximum atomic E-state index is 11.5. The Hall–Kier alpha value is -2.11. The Kier molecular flexibility index (Phi) is 3.99. The van der Waals surface area contributed by atoms with Crippen LogP contribution in [0.15, 0.2) is 24.3 Å². The van der Waals surface area contributed by atoms with E-state index in [1.54, 1.807) is 6.07 Å². The molecular weight excluding hydrogens is 246 g/mol. The van der Waals surface area contributed by atoms with Gasteiger partial charge in [-0.25, -0.2) is 4.79 Å². The van der Waals surface area contributed by atoms with E-state index in [-0.39, 0.29) is 11.7 Å². The van der Waals surface area contributed by atoms with E-state index in [9.17, 15) is 14.9 Å². The second-order valence-electron chi connectivity index (χ2n) is 4.90. The van der Waals surface area contributed by atoms with Crippen LogP contribution in [0.5, 0.6) is 0 Å². The van der Waals surface area contributed by atoms with Gasteiger partial charge in [-0.2, -0.15) is 0 Å². The van der Waals surface area contributed by atoms with Gasteiger partial charge >= 0.3 is 6.03 Å². The molecule has 0 saturated heterocycles. The van der Waals surface area contributed by atoms with E-state index < -0.39 is 4.92 Å². The van der Waals surface area contributed by atoms with Gasteiger partial charge in [0.2, 0.25) is 0 Å². The van der Waals surface area contributed by atoms with Gasteiger partial charge in [0.05, 0.1) is 4.92 Å². The number of urea groups is 1. The summed E-state index contributed by atoms with van der Waals surface area (Å²) in [6, 6.07) is 6.59. The molecule has 6 heteroatoms. The fraction of sp³-hybridized carbons (Fsp3) is 0.462. The standard InChI is InChI=1S/C13H17N3O3/c1-9-7-12(9)15-13(17)14-6-5-10-3-2-4-11(8-10)16(18)19/h2-4,8-9,12H,5-7H2,1H3,(H2,14,15,17)/t9-,12-/m1/s1. The Morgan fingerprint density at radius 1 is 1.53 bits per heavy atom. The van der Waals surface area contributed by atoms with Crippen LogP contribution >= 0.6 is 0 Å². The number of benzene rings is 1. The highest BCUT2D eigenvalue weighted by atomic mass is 16.6. The van der Waals surface area contributed by atoms with Gasteiger partial charge < -0.3 is 10.6 Å². The monoisotopic (exact) mass is 263 g/mol. The van der Waals surface area contributed by atoms with Crippen molar-refractivity contribution in [1.29, 1.82) is 0 Å². The van der Waals surface area contributed by atoms with Crippen LogP contribution in [0.2, 0.25) is 0 Å². The third kappa shape index (κ3) is 3.94. The molecule has 2 amide bonds. The number of non-ortho nitro benzene ring substituents is 1. The summed E-state index contributed by atoms with van der Waals surface area (Å²) in [7, 11) is 0. The Bertz CT molecular complexity index is 490. The van der Waals surface area contributed by atoms with Gasteiger partial charge in [0, 0.05) is 24.7 Å². The van der Waals surface area contributed by atoms with Gasteiger partial charge in [-0.1, -0.05) is 19.1 Å². The van der Waals surface area contributed by atoms with Crippen molar-refractivity contribution in [2.24, 2.45) is 5.92 Å². The number of nitro benzene ring substituents is 1. The molecule has 1 saturated carbocycles. The smallest absolute Gasteiger partial charge is 0.315 e. The summed E-state index contributed by atoms with van der Waals surface area (Å²) >= 11 is 0. The van der Waals surface area contributed by atoms with Crippen molar-refractivity contribution >= 4 is 11.7 Å². The summed E-state index contributed by atoms with van der Waals surface area (Å²) in [5.74, 6) is 0.572. The van der Waals surface area contributed by atoms with Crippen molar-refractivity contribution in [3.05, 3.63) is 39.9 Å². The lowest BCUT2D eigenvalue weighted by Crippen LogP contribution is -2.38. The highest BCUT2D eigenvalue weighted by molar-refractivity contribution is 5.74. The number of rotatable bonds is 5. The Morgan fingerprint density at radius 2 is 2.26 bits per heavy atom. The molecule has 1 aliphatic carbocycles. The minimum Gasteiger partial charge on any atom is -0.338 e. The fourth-order valence-corrected chi connectivity index (χ4v) is 1.89. The molecule has 2 rings (SSSR count). The van der Waals surface area contributed by atoms with Crippen molar-refractivity contribution < 1.29 is 9.72 Å². The Labute approximate surface area is 111 Å². The molecule has 0 spiro atoms. The average Bonchev–Trinajstić information content (AvgIpc) is 3.05. The van der Waals surface area contributed by atoms with Crippen LogP contribution < -0.4 is 10.6 Å². The van der Waals surface area contributed by atoms with Gasteiger partial charge in [0.15, 0.2) is 0 Å². The van der Waals surface area contributed by atoms with Crippen LogP contribution in [0.3, 0.4) is 0 Å². The molecule has 2 atom stereocenters. The zero-order valence-electron chi connectivity index (χ0n) is 10.8. The molecule has 1 aliphatic rings. The molecule has 0 aliphatic heterocycles. The quantitative estimate of drug-likeness (QED) is 0.628. The van der Waals surface area contributed by atoms with Crippen LogP contribution in [-0.4, -0.2) is 23.5 Å². The van der Waals surface area contributed by atoms with E-state index in [1.807, 2.05) is 6.07 Å². The first-order valence-electron chi connectivity index (χ1n) is 6.34. The summed E-state index contributed by atoms with van der Waals surface area (Å²) in [4.78, 5) is 21.7. The van der Waals surface area contributed by atoms with E-state index in [2.05, 4.69) is 17.6 Å². The number of carbonyl (C=O) groups excluding carboxylic acids is 1. The minimum atomic E-state index is -0.419. The van der Waals surface area contributed by atoms with Crippen molar-refractivity contribution in [3.8, 4) is 0 Å². The number of nitrogens with one attached hydrogen (secondary N) is 2. The molecule has 1 aromatic rings. The van der Waals surface area contributed by atoms with Crippen LogP contribution in [0.1, 0.15) is 18.9 Å². The third-order valence-electron chi connectivity index (χ3n) is 3.25. The first-order valence-corrected chi connectivity index (χ1v) is 6.34. The molecule has 0 heterocycles. The lowest BCUT2D eigenvalue weighted by Gasteiger charge is -2.06. The molecule has 6 nitrogen and oxygen atoms in total. The molecule has 0 radical (unpaired) electrons. The predicted molar refractivity (Wildman–Crippen MR) is 70.9 cm³/mol. The summed E-state index contributed by atoms with van der Waals surface area (Å²) in [5.41, 5.74) is 0.919. The van der Waals surface area contributed by atoms with Gasteiger partial charge in [0.1, 0.15) is 0 Å². The Morgan fingerprint density at radius 3 is 2.89 bits per heavy atom. The van der Waals surface area contributed by atoms with E-state index >= 15 is 0 Å². The van der Waals surface area contributed by atoms with Crippen molar-refractivity contribution in [2.45, 2.75) is 25.8 Å². The molecule has 1 fully saturated rings. The maximum Gasteiger partial charge on any atom is 0.315 e. The lowest BCUT2D eigenvalue weighted by atomic mass is 10.1. The molecule has 0 bridgehead atoms. The summed E-state index contributed by atoms with van der Waals surface area (Å²) in [5, 5.41) is 16.2. The fourth-order valence-electron chi connectivity index (χ4n) is 1.89. The average molecular weight is 263 g/mol. The zero-order chi connectivity index (χ0) is 13.8. The van der Waals surface area contributed by atoms with E-state index in [0.29, 0.717) is 24.9 Å². The van der Waals surface area contributed by atoms with E-state index in [1.165, 1.54) is 12.1 Å². The minimum absolute atomic E-state index is 0.0776. The number of carbonyl (C=O) groups is 1. The number of hydrogen-bond donors (Lipinski definition) is 2. The number of hydrogen-bond acceptors (Lipinski definition) is 3. The topological polar surface area (TPSA) is 84.3 Å². The van der Waals surface area contributed by atoms with Crippen molar-refractivity contribution in [2.75, 3.05) is 6.54 Å². The molecule has 2 N–H and O–H groups in total. The summed E-state index contributed by atoms with van der Waals surface area (Å²) < 4.78 is 0. The van der Waals surface area contributed by atoms with Gasteiger partial charge in [-0.3, -0.25) is 10.1 Å².